The van der Waals surface area contributed by atoms with Crippen LogP contribution in [0.25, 0.3) is 5.76 Å². The number of carbonyl (C=O) groups excluding carboxylic acids is 2. The predicted octanol–water partition coefficient (Wildman–Crippen LogP) is 4.70. The number of phenolic OH excluding ortho intramolecular Hbond substituents is 1. The molecule has 35 heavy (non-hydrogen) atoms. The first-order valence-corrected chi connectivity index (χ1v) is 10.8. The number of ketones is 1. The lowest BCUT2D eigenvalue weighted by molar-refractivity contribution is -0.132. The number of benzene rings is 3. The summed E-state index contributed by atoms with van der Waals surface area (Å²) in [5.74, 6) is -1.07. The number of aromatic hydroxyl groups is 1. The number of hydrogen-bond acceptors (Lipinski definition) is 7. The van der Waals surface area contributed by atoms with Gasteiger partial charge in [-0.25, -0.2) is 0 Å². The summed E-state index contributed by atoms with van der Waals surface area (Å²) in [5, 5.41) is 21.3. The lowest BCUT2D eigenvalue weighted by Crippen LogP contribution is -2.29. The number of hydrogen-bond donors (Lipinski definition) is 2. The van der Waals surface area contributed by atoms with Crippen LogP contribution >= 0.6 is 11.6 Å². The first-order valence-electron chi connectivity index (χ1n) is 10.5. The number of halogens is 1. The van der Waals surface area contributed by atoms with E-state index in [9.17, 15) is 19.8 Å². The maximum Gasteiger partial charge on any atom is 0.300 e. The molecule has 0 saturated carbocycles. The number of aliphatic hydroxyl groups is 1. The summed E-state index contributed by atoms with van der Waals surface area (Å²) in [4.78, 5) is 27.9. The van der Waals surface area contributed by atoms with Gasteiger partial charge in [0.15, 0.2) is 0 Å². The maximum atomic E-state index is 13.3. The van der Waals surface area contributed by atoms with Crippen molar-refractivity contribution in [1.29, 1.82) is 0 Å². The minimum Gasteiger partial charge on any atom is -0.507 e. The average molecular weight is 496 g/mol. The second-order valence-electron chi connectivity index (χ2n) is 7.64. The topological polar surface area (TPSA) is 106 Å². The van der Waals surface area contributed by atoms with Gasteiger partial charge < -0.3 is 24.4 Å². The minimum atomic E-state index is -1.04. The number of methoxy groups -OCH3 is 3. The van der Waals surface area contributed by atoms with Gasteiger partial charge in [0.1, 0.15) is 28.8 Å². The van der Waals surface area contributed by atoms with Gasteiger partial charge in [0, 0.05) is 5.69 Å². The van der Waals surface area contributed by atoms with Crippen LogP contribution in [0.4, 0.5) is 5.69 Å². The van der Waals surface area contributed by atoms with Crippen molar-refractivity contribution in [2.75, 3.05) is 26.2 Å². The zero-order valence-electron chi connectivity index (χ0n) is 19.1. The zero-order valence-corrected chi connectivity index (χ0v) is 19.9. The molecule has 1 aliphatic rings. The van der Waals surface area contributed by atoms with Crippen molar-refractivity contribution < 1.29 is 34.0 Å². The van der Waals surface area contributed by atoms with Gasteiger partial charge in [0.05, 0.1) is 43.5 Å². The summed E-state index contributed by atoms with van der Waals surface area (Å²) in [5.41, 5.74) is 0.818. The normalized spacial score (nSPS) is 16.9. The summed E-state index contributed by atoms with van der Waals surface area (Å²) >= 11 is 6.16. The van der Waals surface area contributed by atoms with E-state index >= 15 is 0 Å². The van der Waals surface area contributed by atoms with E-state index in [4.69, 9.17) is 25.8 Å². The Morgan fingerprint density at radius 3 is 2.14 bits per heavy atom. The summed E-state index contributed by atoms with van der Waals surface area (Å²) in [6.45, 7) is 0. The highest BCUT2D eigenvalue weighted by Gasteiger charge is 2.47. The van der Waals surface area contributed by atoms with Gasteiger partial charge in [-0.1, -0.05) is 17.7 Å². The van der Waals surface area contributed by atoms with E-state index in [0.29, 0.717) is 22.7 Å². The molecule has 4 rings (SSSR count). The van der Waals surface area contributed by atoms with Crippen LogP contribution in [0.15, 0.2) is 66.2 Å². The molecule has 0 radical (unpaired) electrons. The summed E-state index contributed by atoms with van der Waals surface area (Å²) < 4.78 is 15.8. The number of Topliss-reactive ketones (excluding diaryl/α,β-unsaturated/α-hetero) is 1. The fourth-order valence-corrected chi connectivity index (χ4v) is 4.18. The molecule has 9 heteroatoms. The van der Waals surface area contributed by atoms with Gasteiger partial charge in [-0.05, 0) is 60.2 Å². The van der Waals surface area contributed by atoms with Gasteiger partial charge in [-0.15, -0.1) is 0 Å². The number of carbonyl (C=O) groups is 2. The maximum absolute atomic E-state index is 13.3. The third kappa shape index (κ3) is 4.24. The van der Waals surface area contributed by atoms with E-state index in [1.54, 1.807) is 36.4 Å². The first-order chi connectivity index (χ1) is 16.8. The molecule has 1 saturated heterocycles. The fraction of sp³-hybridized carbons (Fsp3) is 0.154. The highest BCUT2D eigenvalue weighted by molar-refractivity contribution is 6.51. The molecule has 1 atom stereocenters. The molecule has 3 aromatic rings. The lowest BCUT2D eigenvalue weighted by atomic mass is 9.94. The largest absolute Gasteiger partial charge is 0.507 e. The number of ether oxygens (including phenoxy) is 3. The number of anilines is 1. The second kappa shape index (κ2) is 9.60. The van der Waals surface area contributed by atoms with Crippen molar-refractivity contribution in [1.82, 2.24) is 0 Å². The Labute approximate surface area is 206 Å². The minimum absolute atomic E-state index is 0.0294. The lowest BCUT2D eigenvalue weighted by Gasteiger charge is -2.26. The smallest absolute Gasteiger partial charge is 0.300 e. The van der Waals surface area contributed by atoms with Crippen molar-refractivity contribution in [3.63, 3.8) is 0 Å². The van der Waals surface area contributed by atoms with Gasteiger partial charge in [-0.3, -0.25) is 14.5 Å². The summed E-state index contributed by atoms with van der Waals surface area (Å²) in [6.07, 6.45) is 0. The van der Waals surface area contributed by atoms with Crippen molar-refractivity contribution in [3.05, 3.63) is 82.4 Å². The van der Waals surface area contributed by atoms with Gasteiger partial charge >= 0.3 is 0 Å². The zero-order chi connectivity index (χ0) is 25.3. The molecule has 1 aliphatic heterocycles. The Kier molecular flexibility index (Phi) is 6.57. The molecule has 0 aliphatic carbocycles. The third-order valence-corrected chi connectivity index (χ3v) is 6.05. The molecule has 0 spiro atoms. The van der Waals surface area contributed by atoms with Crippen LogP contribution in [0.2, 0.25) is 5.02 Å². The average Bonchev–Trinajstić information content (AvgIpc) is 3.15. The summed E-state index contributed by atoms with van der Waals surface area (Å²) in [6, 6.07) is 14.6. The molecular weight excluding hydrogens is 474 g/mol. The van der Waals surface area contributed by atoms with E-state index in [1.165, 1.54) is 50.5 Å². The molecule has 0 aromatic heterocycles. The molecule has 3 aromatic carbocycles. The number of aliphatic hydroxyl groups excluding tert-OH is 1. The van der Waals surface area contributed by atoms with Gasteiger partial charge in [-0.2, -0.15) is 0 Å². The molecular formula is C26H22ClNO7. The molecule has 1 amide bonds. The molecule has 8 nitrogen and oxygen atoms in total. The number of rotatable bonds is 6. The Morgan fingerprint density at radius 1 is 0.886 bits per heavy atom. The van der Waals surface area contributed by atoms with E-state index in [2.05, 4.69) is 0 Å². The van der Waals surface area contributed by atoms with Crippen LogP contribution in [0.3, 0.4) is 0 Å². The number of nitrogens with zero attached hydrogens (tertiary/aromatic N) is 1. The van der Waals surface area contributed by atoms with E-state index < -0.39 is 23.5 Å². The predicted molar refractivity (Wildman–Crippen MR) is 130 cm³/mol. The molecule has 1 unspecified atom stereocenters. The third-order valence-electron chi connectivity index (χ3n) is 5.74. The monoisotopic (exact) mass is 495 g/mol. The standard InChI is InChI=1S/C26H22ClNO7/c1-33-16-7-5-15(6-8-16)28-23(14-4-10-20(29)19(27)12-14)22(25(31)26(28)32)24(30)18-13-17(34-2)9-11-21(18)35-3/h4-13,23,29-30H,1-3H3/b24-22+. The molecule has 180 valence electrons. The van der Waals surface area contributed by atoms with Crippen LogP contribution in [0.5, 0.6) is 23.0 Å². The van der Waals surface area contributed by atoms with Crippen molar-refractivity contribution in [3.8, 4) is 23.0 Å². The molecule has 2 N–H and O–H groups in total. The Balaban J connectivity index is 1.98. The SMILES string of the molecule is COc1ccc(N2C(=O)C(=O)/C(=C(/O)c3cc(OC)ccc3OC)C2c2ccc(O)c(Cl)c2)cc1. The van der Waals surface area contributed by atoms with E-state index in [1.807, 2.05) is 0 Å². The number of amides is 1. The quantitative estimate of drug-likeness (QED) is 0.290. The highest BCUT2D eigenvalue weighted by atomic mass is 35.5. The van der Waals surface area contributed by atoms with E-state index in [0.717, 1.165) is 0 Å². The van der Waals surface area contributed by atoms with Crippen LogP contribution in [0.1, 0.15) is 17.2 Å². The van der Waals surface area contributed by atoms with Crippen molar-refractivity contribution in [2.24, 2.45) is 0 Å². The van der Waals surface area contributed by atoms with Crippen molar-refractivity contribution >= 4 is 34.7 Å². The van der Waals surface area contributed by atoms with E-state index in [-0.39, 0.29) is 27.7 Å². The van der Waals surface area contributed by atoms with Crippen LogP contribution in [0, 0.1) is 0 Å². The van der Waals surface area contributed by atoms with Crippen LogP contribution in [-0.2, 0) is 9.59 Å². The van der Waals surface area contributed by atoms with Crippen LogP contribution in [-0.4, -0.2) is 43.2 Å². The Morgan fingerprint density at radius 2 is 1.54 bits per heavy atom. The fourth-order valence-electron chi connectivity index (χ4n) is 3.99. The molecule has 1 fully saturated rings. The molecule has 0 bridgehead atoms. The van der Waals surface area contributed by atoms with Gasteiger partial charge in [0.2, 0.25) is 0 Å². The van der Waals surface area contributed by atoms with Crippen molar-refractivity contribution in [2.45, 2.75) is 6.04 Å². The van der Waals surface area contributed by atoms with Crippen LogP contribution < -0.4 is 19.1 Å². The highest BCUT2D eigenvalue weighted by Crippen LogP contribution is 2.45. The van der Waals surface area contributed by atoms with Gasteiger partial charge in [0.25, 0.3) is 11.7 Å². The summed E-state index contributed by atoms with van der Waals surface area (Å²) in [7, 11) is 4.40. The Hall–Kier alpha value is -4.17. The number of phenols is 1. The molecule has 1 heterocycles. The first kappa shape index (κ1) is 24.0. The Bertz CT molecular complexity index is 1330. The second-order valence-corrected chi connectivity index (χ2v) is 8.05.